The molecule has 2 aromatic rings. The molecule has 6 nitrogen and oxygen atoms in total. The van der Waals surface area contributed by atoms with Crippen LogP contribution >= 0.6 is 0 Å². The fourth-order valence-electron chi connectivity index (χ4n) is 2.13. The van der Waals surface area contributed by atoms with Gasteiger partial charge in [0, 0.05) is 20.6 Å². The van der Waals surface area contributed by atoms with Gasteiger partial charge in [-0.1, -0.05) is 12.1 Å². The molecule has 0 amide bonds. The van der Waals surface area contributed by atoms with Gasteiger partial charge in [-0.3, -0.25) is 9.36 Å². The van der Waals surface area contributed by atoms with Gasteiger partial charge < -0.3 is 5.32 Å². The van der Waals surface area contributed by atoms with E-state index in [1.807, 2.05) is 0 Å². The lowest BCUT2D eigenvalue weighted by atomic mass is 10.1. The summed E-state index contributed by atoms with van der Waals surface area (Å²) < 4.78 is 15.6. The SMILES string of the molecule is Cc1cc(CNc2nn(C)c(=O)n(C)c2=O)cc(C)c1F. The molecule has 0 bridgehead atoms. The van der Waals surface area contributed by atoms with E-state index in [1.165, 1.54) is 14.1 Å². The number of hydrogen-bond acceptors (Lipinski definition) is 4. The molecule has 2 rings (SSSR count). The van der Waals surface area contributed by atoms with Crippen LogP contribution in [-0.2, 0) is 20.6 Å². The Bertz CT molecular complexity index is 785. The maximum atomic E-state index is 13.6. The zero-order chi connectivity index (χ0) is 15.7. The first-order valence-electron chi connectivity index (χ1n) is 6.45. The van der Waals surface area contributed by atoms with Gasteiger partial charge in [-0.15, -0.1) is 5.10 Å². The molecule has 0 aliphatic rings. The van der Waals surface area contributed by atoms with Crippen LogP contribution in [0.3, 0.4) is 0 Å². The second-order valence-electron chi connectivity index (χ2n) is 5.02. The predicted molar refractivity (Wildman–Crippen MR) is 77.9 cm³/mol. The standard InChI is InChI=1S/C14H17FN4O2/c1-8-5-10(6-9(2)11(8)15)7-16-12-13(20)18(3)14(21)19(4)17-12/h5-6H,7H2,1-4H3,(H,16,17). The van der Waals surface area contributed by atoms with Crippen molar-refractivity contribution in [3.63, 3.8) is 0 Å². The summed E-state index contributed by atoms with van der Waals surface area (Å²) in [5, 5.41) is 6.78. The van der Waals surface area contributed by atoms with Crippen LogP contribution in [0, 0.1) is 19.7 Å². The summed E-state index contributed by atoms with van der Waals surface area (Å²) in [6.45, 7) is 3.70. The topological polar surface area (TPSA) is 68.9 Å². The minimum atomic E-state index is -0.492. The first-order valence-corrected chi connectivity index (χ1v) is 6.45. The number of hydrogen-bond donors (Lipinski definition) is 1. The van der Waals surface area contributed by atoms with Crippen LogP contribution in [-0.4, -0.2) is 14.3 Å². The Morgan fingerprint density at radius 1 is 1.19 bits per heavy atom. The molecule has 0 radical (unpaired) electrons. The van der Waals surface area contributed by atoms with Crippen LogP contribution in [0.25, 0.3) is 0 Å². The molecule has 0 fully saturated rings. The Kier molecular flexibility index (Phi) is 3.93. The molecule has 0 atom stereocenters. The summed E-state index contributed by atoms with van der Waals surface area (Å²) in [5.41, 5.74) is 0.957. The molecule has 1 aromatic heterocycles. The van der Waals surface area contributed by atoms with E-state index in [1.54, 1.807) is 26.0 Å². The second kappa shape index (κ2) is 5.51. The van der Waals surface area contributed by atoms with Gasteiger partial charge in [-0.05, 0) is 30.5 Å². The van der Waals surface area contributed by atoms with Gasteiger partial charge in [0.1, 0.15) is 5.82 Å². The highest BCUT2D eigenvalue weighted by Gasteiger charge is 2.09. The molecule has 0 unspecified atom stereocenters. The monoisotopic (exact) mass is 292 g/mol. The van der Waals surface area contributed by atoms with Crippen LogP contribution in [0.4, 0.5) is 10.2 Å². The predicted octanol–water partition coefficient (Wildman–Crippen LogP) is 0.847. The second-order valence-corrected chi connectivity index (χ2v) is 5.02. The van der Waals surface area contributed by atoms with Gasteiger partial charge in [0.05, 0.1) is 0 Å². The summed E-state index contributed by atoms with van der Waals surface area (Å²) >= 11 is 0. The Hall–Kier alpha value is -2.44. The minimum absolute atomic E-state index is 0.0826. The summed E-state index contributed by atoms with van der Waals surface area (Å²) in [6, 6.07) is 3.42. The average Bonchev–Trinajstić information content (AvgIpc) is 2.44. The van der Waals surface area contributed by atoms with Crippen molar-refractivity contribution in [1.29, 1.82) is 0 Å². The van der Waals surface area contributed by atoms with Gasteiger partial charge in [-0.25, -0.2) is 13.9 Å². The quantitative estimate of drug-likeness (QED) is 0.910. The minimum Gasteiger partial charge on any atom is -0.360 e. The van der Waals surface area contributed by atoms with Crippen molar-refractivity contribution < 1.29 is 4.39 Å². The maximum Gasteiger partial charge on any atom is 0.346 e. The number of aryl methyl sites for hydroxylation is 3. The van der Waals surface area contributed by atoms with Crippen molar-refractivity contribution in [1.82, 2.24) is 14.3 Å². The van der Waals surface area contributed by atoms with Crippen molar-refractivity contribution in [3.05, 3.63) is 55.5 Å². The molecule has 0 saturated heterocycles. The van der Waals surface area contributed by atoms with Gasteiger partial charge in [0.15, 0.2) is 0 Å². The molecule has 1 N–H and O–H groups in total. The highest BCUT2D eigenvalue weighted by Crippen LogP contribution is 2.15. The summed E-state index contributed by atoms with van der Waals surface area (Å²) in [4.78, 5) is 23.5. The molecule has 1 aromatic carbocycles. The van der Waals surface area contributed by atoms with Crippen LogP contribution in [0.1, 0.15) is 16.7 Å². The van der Waals surface area contributed by atoms with Gasteiger partial charge in [0.25, 0.3) is 5.56 Å². The molecule has 0 saturated carbocycles. The average molecular weight is 292 g/mol. The number of aromatic nitrogens is 3. The van der Waals surface area contributed by atoms with E-state index in [0.29, 0.717) is 17.7 Å². The van der Waals surface area contributed by atoms with E-state index in [2.05, 4.69) is 10.4 Å². The number of benzene rings is 1. The Labute approximate surface area is 120 Å². The highest BCUT2D eigenvalue weighted by atomic mass is 19.1. The van der Waals surface area contributed by atoms with Crippen molar-refractivity contribution in [2.75, 3.05) is 5.32 Å². The van der Waals surface area contributed by atoms with Gasteiger partial charge in [0.2, 0.25) is 5.82 Å². The third-order valence-corrected chi connectivity index (χ3v) is 3.28. The van der Waals surface area contributed by atoms with E-state index < -0.39 is 11.2 Å². The number of nitrogens with one attached hydrogen (secondary N) is 1. The number of rotatable bonds is 3. The molecule has 21 heavy (non-hydrogen) atoms. The molecule has 0 aliphatic heterocycles. The smallest absolute Gasteiger partial charge is 0.346 e. The first-order chi connectivity index (χ1) is 9.81. The maximum absolute atomic E-state index is 13.6. The van der Waals surface area contributed by atoms with Crippen LogP contribution in [0.2, 0.25) is 0 Å². The number of nitrogens with zero attached hydrogens (tertiary/aromatic N) is 3. The van der Waals surface area contributed by atoms with Crippen molar-refractivity contribution >= 4 is 5.82 Å². The summed E-state index contributed by atoms with van der Waals surface area (Å²) in [5.74, 6) is -0.144. The Morgan fingerprint density at radius 2 is 1.76 bits per heavy atom. The van der Waals surface area contributed by atoms with Crippen LogP contribution < -0.4 is 16.6 Å². The van der Waals surface area contributed by atoms with E-state index in [-0.39, 0.29) is 11.6 Å². The van der Waals surface area contributed by atoms with Crippen molar-refractivity contribution in [2.45, 2.75) is 20.4 Å². The fourth-order valence-corrected chi connectivity index (χ4v) is 2.13. The van der Waals surface area contributed by atoms with E-state index >= 15 is 0 Å². The zero-order valence-corrected chi connectivity index (χ0v) is 12.4. The molecule has 0 spiro atoms. The lowest BCUT2D eigenvalue weighted by Gasteiger charge is -2.10. The molecular formula is C14H17FN4O2. The zero-order valence-electron chi connectivity index (χ0n) is 12.4. The Balaban J connectivity index is 2.29. The normalized spacial score (nSPS) is 10.7. The molecule has 112 valence electrons. The molecule has 0 aliphatic carbocycles. The molecular weight excluding hydrogens is 275 g/mol. The highest BCUT2D eigenvalue weighted by molar-refractivity contribution is 5.35. The number of anilines is 1. The fraction of sp³-hybridized carbons (Fsp3) is 0.357. The first kappa shape index (κ1) is 15.0. The van der Waals surface area contributed by atoms with E-state index in [9.17, 15) is 14.0 Å². The van der Waals surface area contributed by atoms with Crippen molar-refractivity contribution in [2.24, 2.45) is 14.1 Å². The molecule has 1 heterocycles. The van der Waals surface area contributed by atoms with Crippen molar-refractivity contribution in [3.8, 4) is 0 Å². The van der Waals surface area contributed by atoms with Crippen LogP contribution in [0.5, 0.6) is 0 Å². The lowest BCUT2D eigenvalue weighted by molar-refractivity contribution is 0.603. The van der Waals surface area contributed by atoms with Gasteiger partial charge >= 0.3 is 5.69 Å². The summed E-state index contributed by atoms with van der Waals surface area (Å²) in [6.07, 6.45) is 0. The summed E-state index contributed by atoms with van der Waals surface area (Å²) in [7, 11) is 2.86. The third kappa shape index (κ3) is 2.86. The lowest BCUT2D eigenvalue weighted by Crippen LogP contribution is -2.39. The van der Waals surface area contributed by atoms with E-state index in [0.717, 1.165) is 14.8 Å². The number of halogens is 1. The van der Waals surface area contributed by atoms with Crippen LogP contribution in [0.15, 0.2) is 21.7 Å². The Morgan fingerprint density at radius 3 is 2.33 bits per heavy atom. The third-order valence-electron chi connectivity index (χ3n) is 3.28. The molecule has 7 heteroatoms. The van der Waals surface area contributed by atoms with E-state index in [4.69, 9.17) is 0 Å². The van der Waals surface area contributed by atoms with Gasteiger partial charge in [-0.2, -0.15) is 0 Å². The largest absolute Gasteiger partial charge is 0.360 e.